The Hall–Kier alpha value is -1.98. The van der Waals surface area contributed by atoms with Gasteiger partial charge in [-0.25, -0.2) is 9.97 Å². The van der Waals surface area contributed by atoms with Crippen LogP contribution in [0.5, 0.6) is 0 Å². The number of aliphatic carboxylic acids is 1. The van der Waals surface area contributed by atoms with Gasteiger partial charge in [0.2, 0.25) is 0 Å². The predicted molar refractivity (Wildman–Crippen MR) is 51.4 cm³/mol. The second-order valence-electron chi connectivity index (χ2n) is 2.92. The molecule has 0 aliphatic rings. The van der Waals surface area contributed by atoms with E-state index in [1.54, 1.807) is 6.92 Å². The summed E-state index contributed by atoms with van der Waals surface area (Å²) in [7, 11) is 0. The lowest BCUT2D eigenvalue weighted by atomic mass is 10.3. The Balaban J connectivity index is 2.47. The van der Waals surface area contributed by atoms with Gasteiger partial charge in [0.05, 0.1) is 12.0 Å². The molecule has 1 amide bonds. The lowest BCUT2D eigenvalue weighted by molar-refractivity contribution is -0.136. The third kappa shape index (κ3) is 3.72. The molecule has 0 radical (unpaired) electrons. The molecule has 0 fully saturated rings. The highest BCUT2D eigenvalue weighted by molar-refractivity contribution is 5.93. The fourth-order valence-electron chi connectivity index (χ4n) is 0.895. The van der Waals surface area contributed by atoms with E-state index in [1.165, 1.54) is 12.4 Å². The molecule has 2 N–H and O–H groups in total. The maximum absolute atomic E-state index is 11.4. The molecule has 0 atom stereocenters. The molecule has 0 aromatic carbocycles. The molecule has 80 valence electrons. The van der Waals surface area contributed by atoms with Crippen molar-refractivity contribution in [3.8, 4) is 0 Å². The molecule has 1 aromatic rings. The summed E-state index contributed by atoms with van der Waals surface area (Å²) in [5.41, 5.74) is 0.325. The molecule has 1 heterocycles. The number of carboxylic acids is 1. The van der Waals surface area contributed by atoms with E-state index in [0.717, 1.165) is 0 Å². The molecular formula is C9H11N3O3. The molecule has 6 nitrogen and oxygen atoms in total. The van der Waals surface area contributed by atoms with E-state index < -0.39 is 5.97 Å². The number of hydrogen-bond acceptors (Lipinski definition) is 4. The van der Waals surface area contributed by atoms with Crippen molar-refractivity contribution in [3.05, 3.63) is 23.8 Å². The summed E-state index contributed by atoms with van der Waals surface area (Å²) in [5.74, 6) is -0.733. The zero-order valence-corrected chi connectivity index (χ0v) is 8.23. The molecule has 0 bridgehead atoms. The van der Waals surface area contributed by atoms with E-state index in [1.807, 2.05) is 0 Å². The minimum atomic E-state index is -0.949. The van der Waals surface area contributed by atoms with Crippen LogP contribution in [-0.4, -0.2) is 33.5 Å². The Bertz CT molecular complexity index is 361. The van der Waals surface area contributed by atoms with Gasteiger partial charge in [-0.1, -0.05) is 0 Å². The molecule has 6 heteroatoms. The summed E-state index contributed by atoms with van der Waals surface area (Å²) in [6, 6.07) is 0. The van der Waals surface area contributed by atoms with Gasteiger partial charge in [0.15, 0.2) is 0 Å². The molecule has 0 saturated carbocycles. The number of carboxylic acid groups (broad SMARTS) is 1. The summed E-state index contributed by atoms with van der Waals surface area (Å²) in [5, 5.41) is 10.8. The first kappa shape index (κ1) is 11.1. The van der Waals surface area contributed by atoms with Gasteiger partial charge in [0.1, 0.15) is 5.82 Å². The van der Waals surface area contributed by atoms with E-state index >= 15 is 0 Å². The molecule has 0 aliphatic heterocycles. The Kier molecular flexibility index (Phi) is 3.73. The monoisotopic (exact) mass is 209 g/mol. The van der Waals surface area contributed by atoms with Crippen LogP contribution in [0.2, 0.25) is 0 Å². The lowest BCUT2D eigenvalue weighted by Gasteiger charge is -2.02. The van der Waals surface area contributed by atoms with Crippen LogP contribution >= 0.6 is 0 Å². The normalized spacial score (nSPS) is 9.67. The van der Waals surface area contributed by atoms with Crippen molar-refractivity contribution in [2.75, 3.05) is 6.54 Å². The number of hydrogen-bond donors (Lipinski definition) is 2. The number of aryl methyl sites for hydroxylation is 1. The molecule has 0 spiro atoms. The van der Waals surface area contributed by atoms with Crippen molar-refractivity contribution in [2.45, 2.75) is 13.3 Å². The van der Waals surface area contributed by atoms with E-state index in [4.69, 9.17) is 5.11 Å². The zero-order valence-electron chi connectivity index (χ0n) is 8.23. The molecular weight excluding hydrogens is 198 g/mol. The van der Waals surface area contributed by atoms with Crippen molar-refractivity contribution in [1.29, 1.82) is 0 Å². The van der Waals surface area contributed by atoms with Crippen LogP contribution in [0.15, 0.2) is 12.4 Å². The predicted octanol–water partition coefficient (Wildman–Crippen LogP) is -0.0105. The second-order valence-corrected chi connectivity index (χ2v) is 2.92. The van der Waals surface area contributed by atoms with Gasteiger partial charge in [-0.15, -0.1) is 0 Å². The standard InChI is InChI=1S/C9H11N3O3/c1-6-11-4-7(5-12-6)9(15)10-3-2-8(13)14/h4-5H,2-3H2,1H3,(H,10,15)(H,13,14). The molecule has 0 unspecified atom stereocenters. The fraction of sp³-hybridized carbons (Fsp3) is 0.333. The average molecular weight is 209 g/mol. The van der Waals surface area contributed by atoms with Crippen LogP contribution in [0.25, 0.3) is 0 Å². The molecule has 1 aromatic heterocycles. The number of carbonyl (C=O) groups is 2. The van der Waals surface area contributed by atoms with Gasteiger partial charge in [-0.3, -0.25) is 9.59 Å². The summed E-state index contributed by atoms with van der Waals surface area (Å²) in [4.78, 5) is 29.2. The maximum Gasteiger partial charge on any atom is 0.305 e. The van der Waals surface area contributed by atoms with Gasteiger partial charge in [0.25, 0.3) is 5.91 Å². The third-order valence-electron chi connectivity index (χ3n) is 1.67. The van der Waals surface area contributed by atoms with E-state index in [9.17, 15) is 9.59 Å². The van der Waals surface area contributed by atoms with Crippen molar-refractivity contribution in [3.63, 3.8) is 0 Å². The topological polar surface area (TPSA) is 92.2 Å². The molecule has 0 aliphatic carbocycles. The van der Waals surface area contributed by atoms with Gasteiger partial charge in [0, 0.05) is 18.9 Å². The first-order chi connectivity index (χ1) is 7.09. The largest absolute Gasteiger partial charge is 0.481 e. The Morgan fingerprint density at radius 1 is 1.40 bits per heavy atom. The molecule has 1 rings (SSSR count). The Labute approximate surface area is 86.4 Å². The van der Waals surface area contributed by atoms with Gasteiger partial charge >= 0.3 is 5.97 Å². The van der Waals surface area contributed by atoms with Crippen LogP contribution in [0, 0.1) is 6.92 Å². The highest BCUT2D eigenvalue weighted by Gasteiger charge is 2.06. The number of nitrogens with zero attached hydrogens (tertiary/aromatic N) is 2. The van der Waals surface area contributed by atoms with Crippen LogP contribution in [0.3, 0.4) is 0 Å². The first-order valence-electron chi connectivity index (χ1n) is 4.38. The smallest absolute Gasteiger partial charge is 0.305 e. The highest BCUT2D eigenvalue weighted by atomic mass is 16.4. The first-order valence-corrected chi connectivity index (χ1v) is 4.38. The van der Waals surface area contributed by atoms with Crippen LogP contribution in [0.1, 0.15) is 22.6 Å². The summed E-state index contributed by atoms with van der Waals surface area (Å²) >= 11 is 0. The minimum absolute atomic E-state index is 0.0988. The number of rotatable bonds is 4. The number of carbonyl (C=O) groups excluding carboxylic acids is 1. The molecule has 0 saturated heterocycles. The highest BCUT2D eigenvalue weighted by Crippen LogP contribution is 1.95. The second kappa shape index (κ2) is 5.04. The Morgan fingerprint density at radius 2 is 2.00 bits per heavy atom. The summed E-state index contributed by atoms with van der Waals surface area (Å²) in [6.07, 6.45) is 2.70. The van der Waals surface area contributed by atoms with Crippen LogP contribution < -0.4 is 5.32 Å². The quantitative estimate of drug-likeness (QED) is 0.727. The molecule has 15 heavy (non-hydrogen) atoms. The SMILES string of the molecule is Cc1ncc(C(=O)NCCC(=O)O)cn1. The zero-order chi connectivity index (χ0) is 11.3. The maximum atomic E-state index is 11.4. The van der Waals surface area contributed by atoms with Crippen molar-refractivity contribution in [2.24, 2.45) is 0 Å². The van der Waals surface area contributed by atoms with Crippen LogP contribution in [0.4, 0.5) is 0 Å². The van der Waals surface area contributed by atoms with E-state index in [2.05, 4.69) is 15.3 Å². The number of aromatic nitrogens is 2. The third-order valence-corrected chi connectivity index (χ3v) is 1.67. The van der Waals surface area contributed by atoms with Gasteiger partial charge in [-0.2, -0.15) is 0 Å². The van der Waals surface area contributed by atoms with Gasteiger partial charge in [-0.05, 0) is 6.92 Å². The average Bonchev–Trinajstić information content (AvgIpc) is 2.18. The number of amides is 1. The van der Waals surface area contributed by atoms with Crippen molar-refractivity contribution in [1.82, 2.24) is 15.3 Å². The number of nitrogens with one attached hydrogen (secondary N) is 1. The lowest BCUT2D eigenvalue weighted by Crippen LogP contribution is -2.26. The minimum Gasteiger partial charge on any atom is -0.481 e. The van der Waals surface area contributed by atoms with Gasteiger partial charge < -0.3 is 10.4 Å². The van der Waals surface area contributed by atoms with Crippen molar-refractivity contribution < 1.29 is 14.7 Å². The van der Waals surface area contributed by atoms with Crippen LogP contribution in [-0.2, 0) is 4.79 Å². The fourth-order valence-corrected chi connectivity index (χ4v) is 0.895. The summed E-state index contributed by atoms with van der Waals surface area (Å²) in [6.45, 7) is 1.81. The van der Waals surface area contributed by atoms with E-state index in [-0.39, 0.29) is 18.9 Å². The van der Waals surface area contributed by atoms with E-state index in [0.29, 0.717) is 11.4 Å². The van der Waals surface area contributed by atoms with Crippen molar-refractivity contribution >= 4 is 11.9 Å². The summed E-state index contributed by atoms with van der Waals surface area (Å²) < 4.78 is 0. The Morgan fingerprint density at radius 3 is 2.53 bits per heavy atom.